The lowest BCUT2D eigenvalue weighted by atomic mass is 9.85. The van der Waals surface area contributed by atoms with Gasteiger partial charge in [0.1, 0.15) is 0 Å². The Hall–Kier alpha value is -1.31. The molecule has 0 aromatic carbocycles. The Morgan fingerprint density at radius 1 is 1.44 bits per heavy atom. The molecule has 0 spiro atoms. The number of rotatable bonds is 4. The normalized spacial score (nSPS) is 19.7. The van der Waals surface area contributed by atoms with Crippen LogP contribution in [0, 0.1) is 5.41 Å². The highest BCUT2D eigenvalue weighted by atomic mass is 16.5. The molecule has 0 fully saturated rings. The molecule has 0 aliphatic heterocycles. The predicted octanol–water partition coefficient (Wildman–Crippen LogP) is 4.19. The Labute approximate surface area is 110 Å². The Morgan fingerprint density at radius 3 is 2.61 bits per heavy atom. The van der Waals surface area contributed by atoms with Crippen LogP contribution in [-0.2, 0) is 9.53 Å². The first-order valence-electron chi connectivity index (χ1n) is 6.60. The first-order chi connectivity index (χ1) is 8.36. The average Bonchev–Trinajstić information content (AvgIpc) is 2.51. The number of ether oxygens (including phenoxy) is 1. The average molecular weight is 248 g/mol. The predicted molar refractivity (Wildman–Crippen MR) is 75.2 cm³/mol. The van der Waals surface area contributed by atoms with Gasteiger partial charge in [0, 0.05) is 6.08 Å². The monoisotopic (exact) mass is 248 g/mol. The lowest BCUT2D eigenvalue weighted by molar-refractivity contribution is -0.137. The maximum absolute atomic E-state index is 11.3. The molecule has 2 heteroatoms. The first kappa shape index (κ1) is 14.7. The van der Waals surface area contributed by atoms with Gasteiger partial charge in [-0.2, -0.15) is 0 Å². The molecule has 2 nitrogen and oxygen atoms in total. The number of hydrogen-bond donors (Lipinski definition) is 0. The van der Waals surface area contributed by atoms with Crippen molar-refractivity contribution in [3.05, 3.63) is 34.9 Å². The zero-order valence-electron chi connectivity index (χ0n) is 12.2. The quantitative estimate of drug-likeness (QED) is 0.423. The van der Waals surface area contributed by atoms with Crippen molar-refractivity contribution >= 4 is 5.97 Å². The van der Waals surface area contributed by atoms with Gasteiger partial charge in [-0.05, 0) is 50.2 Å². The molecule has 0 saturated heterocycles. The van der Waals surface area contributed by atoms with Gasteiger partial charge in [-0.1, -0.05) is 31.6 Å². The van der Waals surface area contributed by atoms with Gasteiger partial charge in [0.05, 0.1) is 6.61 Å². The van der Waals surface area contributed by atoms with Crippen molar-refractivity contribution in [2.24, 2.45) is 5.41 Å². The second-order valence-electron chi connectivity index (χ2n) is 5.55. The van der Waals surface area contributed by atoms with Gasteiger partial charge >= 0.3 is 5.97 Å². The van der Waals surface area contributed by atoms with Crippen molar-refractivity contribution in [2.75, 3.05) is 6.61 Å². The van der Waals surface area contributed by atoms with Crippen molar-refractivity contribution in [3.63, 3.8) is 0 Å². The summed E-state index contributed by atoms with van der Waals surface area (Å²) >= 11 is 0. The van der Waals surface area contributed by atoms with E-state index >= 15 is 0 Å². The number of carbonyl (C=O) groups is 1. The second kappa shape index (κ2) is 6.03. The highest BCUT2D eigenvalue weighted by Gasteiger charge is 2.28. The van der Waals surface area contributed by atoms with Gasteiger partial charge in [-0.3, -0.25) is 0 Å². The number of allylic oxidation sites excluding steroid dienone is 5. The summed E-state index contributed by atoms with van der Waals surface area (Å²) in [6, 6.07) is 0. The molecule has 1 aliphatic carbocycles. The van der Waals surface area contributed by atoms with Crippen LogP contribution in [0.2, 0.25) is 0 Å². The van der Waals surface area contributed by atoms with E-state index in [4.69, 9.17) is 4.74 Å². The molecule has 0 amide bonds. The van der Waals surface area contributed by atoms with Crippen LogP contribution in [0.5, 0.6) is 0 Å². The summed E-state index contributed by atoms with van der Waals surface area (Å²) in [6.07, 6.45) is 8.07. The molecule has 0 atom stereocenters. The Bertz CT molecular complexity index is 409. The van der Waals surface area contributed by atoms with Crippen molar-refractivity contribution < 1.29 is 9.53 Å². The standard InChI is InChI=1S/C16H24O2/c1-6-18-15(17)11-12(2)7-8-14-13(3)9-10-16(14,4)5/h7-8,11H,6,9-10H2,1-5H3. The van der Waals surface area contributed by atoms with Crippen molar-refractivity contribution in [2.45, 2.75) is 47.5 Å². The molecular formula is C16H24O2. The maximum Gasteiger partial charge on any atom is 0.330 e. The van der Waals surface area contributed by atoms with Crippen LogP contribution in [0.1, 0.15) is 47.5 Å². The second-order valence-corrected chi connectivity index (χ2v) is 5.55. The molecule has 1 aliphatic rings. The summed E-state index contributed by atoms with van der Waals surface area (Å²) in [5.41, 5.74) is 4.04. The zero-order chi connectivity index (χ0) is 13.8. The highest BCUT2D eigenvalue weighted by molar-refractivity contribution is 5.83. The molecule has 0 saturated carbocycles. The van der Waals surface area contributed by atoms with E-state index < -0.39 is 0 Å². The smallest absolute Gasteiger partial charge is 0.330 e. The molecule has 0 aromatic heterocycles. The Kier molecular flexibility index (Phi) is 4.94. The van der Waals surface area contributed by atoms with Crippen LogP contribution in [-0.4, -0.2) is 12.6 Å². The van der Waals surface area contributed by atoms with Crippen LogP contribution >= 0.6 is 0 Å². The van der Waals surface area contributed by atoms with E-state index in [0.717, 1.165) is 5.57 Å². The van der Waals surface area contributed by atoms with Gasteiger partial charge in [0.2, 0.25) is 0 Å². The zero-order valence-corrected chi connectivity index (χ0v) is 12.2. The van der Waals surface area contributed by atoms with E-state index in [9.17, 15) is 4.79 Å². The number of esters is 1. The van der Waals surface area contributed by atoms with Crippen LogP contribution < -0.4 is 0 Å². The van der Waals surface area contributed by atoms with E-state index in [-0.39, 0.29) is 11.4 Å². The van der Waals surface area contributed by atoms with Gasteiger partial charge in [0.25, 0.3) is 0 Å². The summed E-state index contributed by atoms with van der Waals surface area (Å²) in [4.78, 5) is 11.3. The highest BCUT2D eigenvalue weighted by Crippen LogP contribution is 2.42. The molecular weight excluding hydrogens is 224 g/mol. The largest absolute Gasteiger partial charge is 0.463 e. The minimum atomic E-state index is -0.268. The van der Waals surface area contributed by atoms with Crippen molar-refractivity contribution in [1.29, 1.82) is 0 Å². The summed E-state index contributed by atoms with van der Waals surface area (Å²) in [6.45, 7) is 10.9. The van der Waals surface area contributed by atoms with E-state index in [1.807, 2.05) is 19.9 Å². The molecule has 18 heavy (non-hydrogen) atoms. The van der Waals surface area contributed by atoms with E-state index in [0.29, 0.717) is 6.61 Å². The fraction of sp³-hybridized carbons (Fsp3) is 0.562. The fourth-order valence-corrected chi connectivity index (χ4v) is 2.35. The van der Waals surface area contributed by atoms with Gasteiger partial charge in [-0.15, -0.1) is 0 Å². The van der Waals surface area contributed by atoms with Gasteiger partial charge in [-0.25, -0.2) is 4.79 Å². The third-order valence-corrected chi connectivity index (χ3v) is 3.46. The molecule has 1 rings (SSSR count). The molecule has 100 valence electrons. The summed E-state index contributed by atoms with van der Waals surface area (Å²) < 4.78 is 4.89. The van der Waals surface area contributed by atoms with E-state index in [1.165, 1.54) is 30.1 Å². The van der Waals surface area contributed by atoms with Crippen molar-refractivity contribution in [1.82, 2.24) is 0 Å². The molecule has 0 N–H and O–H groups in total. The number of carbonyl (C=O) groups excluding carboxylic acids is 1. The summed E-state index contributed by atoms with van der Waals surface area (Å²) in [5, 5.41) is 0. The van der Waals surface area contributed by atoms with Crippen molar-refractivity contribution in [3.8, 4) is 0 Å². The van der Waals surface area contributed by atoms with E-state index in [1.54, 1.807) is 0 Å². The van der Waals surface area contributed by atoms with Gasteiger partial charge < -0.3 is 4.74 Å². The molecule has 0 bridgehead atoms. The summed E-state index contributed by atoms with van der Waals surface area (Å²) in [5.74, 6) is -0.268. The SMILES string of the molecule is CCOC(=O)C=C(C)C=CC1=C(C)CCC1(C)C. The molecule has 0 aromatic rings. The lowest BCUT2D eigenvalue weighted by Gasteiger charge is -2.20. The maximum atomic E-state index is 11.3. The third kappa shape index (κ3) is 3.86. The Balaban J connectivity index is 2.76. The van der Waals surface area contributed by atoms with Crippen LogP contribution in [0.15, 0.2) is 34.9 Å². The Morgan fingerprint density at radius 2 is 2.11 bits per heavy atom. The lowest BCUT2D eigenvalue weighted by Crippen LogP contribution is -2.08. The van der Waals surface area contributed by atoms with Crippen LogP contribution in [0.25, 0.3) is 0 Å². The third-order valence-electron chi connectivity index (χ3n) is 3.46. The first-order valence-corrected chi connectivity index (χ1v) is 6.60. The molecule has 0 heterocycles. The van der Waals surface area contributed by atoms with Crippen LogP contribution in [0.4, 0.5) is 0 Å². The number of hydrogen-bond acceptors (Lipinski definition) is 2. The molecule has 0 unspecified atom stereocenters. The fourth-order valence-electron chi connectivity index (χ4n) is 2.35. The minimum Gasteiger partial charge on any atom is -0.463 e. The summed E-state index contributed by atoms with van der Waals surface area (Å²) in [7, 11) is 0. The minimum absolute atomic E-state index is 0.255. The van der Waals surface area contributed by atoms with E-state index in [2.05, 4.69) is 26.8 Å². The molecule has 0 radical (unpaired) electrons. The van der Waals surface area contributed by atoms with Gasteiger partial charge in [0.15, 0.2) is 0 Å². The van der Waals surface area contributed by atoms with Crippen LogP contribution in [0.3, 0.4) is 0 Å². The topological polar surface area (TPSA) is 26.3 Å².